The molecule has 1 aromatic rings. The van der Waals surface area contributed by atoms with Gasteiger partial charge in [-0.05, 0) is 31.0 Å². The number of amides is 1. The van der Waals surface area contributed by atoms with E-state index in [1.807, 2.05) is 37.2 Å². The molecule has 2 rings (SSSR count). The molecule has 4 nitrogen and oxygen atoms in total. The lowest BCUT2D eigenvalue weighted by Gasteiger charge is -2.28. The molecule has 0 heterocycles. The lowest BCUT2D eigenvalue weighted by molar-refractivity contribution is 0.0717. The summed E-state index contributed by atoms with van der Waals surface area (Å²) < 4.78 is 0. The summed E-state index contributed by atoms with van der Waals surface area (Å²) in [5.41, 5.74) is 1.64. The van der Waals surface area contributed by atoms with E-state index in [0.717, 1.165) is 31.4 Å². The molecule has 1 fully saturated rings. The van der Waals surface area contributed by atoms with Gasteiger partial charge in [-0.2, -0.15) is 0 Å². The molecule has 0 radical (unpaired) electrons. The van der Waals surface area contributed by atoms with E-state index in [9.17, 15) is 9.90 Å². The Balaban J connectivity index is 2.05. The van der Waals surface area contributed by atoms with Gasteiger partial charge >= 0.3 is 0 Å². The van der Waals surface area contributed by atoms with Gasteiger partial charge in [0.05, 0.1) is 12.1 Å². The van der Waals surface area contributed by atoms with E-state index in [0.29, 0.717) is 5.56 Å². The summed E-state index contributed by atoms with van der Waals surface area (Å²) in [5, 5.41) is 12.8. The average Bonchev–Trinajstić information content (AvgIpc) is 2.41. The van der Waals surface area contributed by atoms with E-state index in [1.54, 1.807) is 6.07 Å². The highest BCUT2D eigenvalue weighted by atomic mass is 16.3. The van der Waals surface area contributed by atoms with Crippen molar-refractivity contribution in [3.05, 3.63) is 29.8 Å². The van der Waals surface area contributed by atoms with Crippen molar-refractivity contribution in [3.63, 3.8) is 0 Å². The largest absolute Gasteiger partial charge is 0.391 e. The molecule has 2 atom stereocenters. The maximum absolute atomic E-state index is 12.2. The Kier molecular flexibility index (Phi) is 4.43. The quantitative estimate of drug-likeness (QED) is 0.873. The molecule has 1 aromatic carbocycles. The topological polar surface area (TPSA) is 52.6 Å². The lowest BCUT2D eigenvalue weighted by atomic mass is 9.92. The van der Waals surface area contributed by atoms with Gasteiger partial charge in [-0.1, -0.05) is 18.9 Å². The molecule has 0 unspecified atom stereocenters. The molecular formula is C15H22N2O2. The SMILES string of the molecule is CN(C)c1cccc(C(=O)N[C@@H]2CCCC[C@H]2O)c1. The number of rotatable bonds is 3. The summed E-state index contributed by atoms with van der Waals surface area (Å²) in [7, 11) is 3.89. The summed E-state index contributed by atoms with van der Waals surface area (Å²) in [6.07, 6.45) is 3.35. The van der Waals surface area contributed by atoms with Crippen LogP contribution in [0.4, 0.5) is 5.69 Å². The van der Waals surface area contributed by atoms with E-state index in [2.05, 4.69) is 5.32 Å². The van der Waals surface area contributed by atoms with Gasteiger partial charge in [0.2, 0.25) is 0 Å². The van der Waals surface area contributed by atoms with Crippen LogP contribution in [0.5, 0.6) is 0 Å². The standard InChI is InChI=1S/C15H22N2O2/c1-17(2)12-7-5-6-11(10-12)15(19)16-13-8-3-4-9-14(13)18/h5-7,10,13-14,18H,3-4,8-9H2,1-2H3,(H,16,19)/t13-,14-/m1/s1. The van der Waals surface area contributed by atoms with Gasteiger partial charge in [0.1, 0.15) is 0 Å². The highest BCUT2D eigenvalue weighted by Gasteiger charge is 2.24. The molecule has 1 aliphatic carbocycles. The smallest absolute Gasteiger partial charge is 0.251 e. The number of aliphatic hydroxyl groups is 1. The third kappa shape index (κ3) is 3.47. The van der Waals surface area contributed by atoms with Crippen LogP contribution in [0.3, 0.4) is 0 Å². The molecule has 2 N–H and O–H groups in total. The van der Waals surface area contributed by atoms with Crippen molar-refractivity contribution in [3.8, 4) is 0 Å². The van der Waals surface area contributed by atoms with Gasteiger partial charge in [0.25, 0.3) is 5.91 Å². The summed E-state index contributed by atoms with van der Waals surface area (Å²) in [5.74, 6) is -0.102. The maximum Gasteiger partial charge on any atom is 0.251 e. The molecule has 0 spiro atoms. The van der Waals surface area contributed by atoms with Crippen molar-refractivity contribution in [1.29, 1.82) is 0 Å². The van der Waals surface area contributed by atoms with Crippen molar-refractivity contribution in [2.24, 2.45) is 0 Å². The molecule has 1 aliphatic rings. The summed E-state index contributed by atoms with van der Waals surface area (Å²) in [6.45, 7) is 0. The Bertz CT molecular complexity index is 446. The highest BCUT2D eigenvalue weighted by Crippen LogP contribution is 2.19. The molecule has 0 aliphatic heterocycles. The number of carbonyl (C=O) groups excluding carboxylic acids is 1. The van der Waals surface area contributed by atoms with Crippen molar-refractivity contribution < 1.29 is 9.90 Å². The predicted molar refractivity (Wildman–Crippen MR) is 76.5 cm³/mol. The van der Waals surface area contributed by atoms with Crippen LogP contribution in [-0.2, 0) is 0 Å². The van der Waals surface area contributed by atoms with Gasteiger partial charge < -0.3 is 15.3 Å². The molecule has 0 aromatic heterocycles. The van der Waals surface area contributed by atoms with Crippen LogP contribution in [0.1, 0.15) is 36.0 Å². The molecular weight excluding hydrogens is 240 g/mol. The molecule has 104 valence electrons. The molecule has 0 bridgehead atoms. The number of benzene rings is 1. The number of anilines is 1. The highest BCUT2D eigenvalue weighted by molar-refractivity contribution is 5.95. The van der Waals surface area contributed by atoms with Crippen LogP contribution in [-0.4, -0.2) is 37.3 Å². The number of carbonyl (C=O) groups is 1. The number of hydrogen-bond acceptors (Lipinski definition) is 3. The van der Waals surface area contributed by atoms with E-state index in [1.165, 1.54) is 0 Å². The van der Waals surface area contributed by atoms with Gasteiger partial charge in [-0.15, -0.1) is 0 Å². The van der Waals surface area contributed by atoms with E-state index >= 15 is 0 Å². The van der Waals surface area contributed by atoms with Crippen LogP contribution in [0.15, 0.2) is 24.3 Å². The average molecular weight is 262 g/mol. The molecule has 0 saturated heterocycles. The third-order valence-electron chi connectivity index (χ3n) is 3.67. The zero-order valence-corrected chi connectivity index (χ0v) is 11.6. The third-order valence-corrected chi connectivity index (χ3v) is 3.67. The Hall–Kier alpha value is -1.55. The first-order valence-electron chi connectivity index (χ1n) is 6.84. The fourth-order valence-corrected chi connectivity index (χ4v) is 2.46. The molecule has 1 amide bonds. The van der Waals surface area contributed by atoms with E-state index in [4.69, 9.17) is 0 Å². The van der Waals surface area contributed by atoms with E-state index < -0.39 is 6.10 Å². The Morgan fingerprint density at radius 3 is 2.74 bits per heavy atom. The summed E-state index contributed by atoms with van der Waals surface area (Å²) in [6, 6.07) is 7.40. The minimum absolute atomic E-state index is 0.102. The summed E-state index contributed by atoms with van der Waals surface area (Å²) >= 11 is 0. The second kappa shape index (κ2) is 6.06. The fraction of sp³-hybridized carbons (Fsp3) is 0.533. The minimum atomic E-state index is -0.408. The van der Waals surface area contributed by atoms with Crippen LogP contribution < -0.4 is 10.2 Å². The van der Waals surface area contributed by atoms with Crippen molar-refractivity contribution >= 4 is 11.6 Å². The first-order valence-corrected chi connectivity index (χ1v) is 6.84. The normalized spacial score (nSPS) is 22.9. The lowest BCUT2D eigenvalue weighted by Crippen LogP contribution is -2.45. The predicted octanol–water partition coefficient (Wildman–Crippen LogP) is 1.79. The minimum Gasteiger partial charge on any atom is -0.391 e. The van der Waals surface area contributed by atoms with Gasteiger partial charge in [-0.25, -0.2) is 0 Å². The van der Waals surface area contributed by atoms with Crippen molar-refractivity contribution in [1.82, 2.24) is 5.32 Å². The van der Waals surface area contributed by atoms with Gasteiger partial charge in [0.15, 0.2) is 0 Å². The maximum atomic E-state index is 12.2. The van der Waals surface area contributed by atoms with Crippen LogP contribution in [0.2, 0.25) is 0 Å². The second-order valence-corrected chi connectivity index (χ2v) is 5.38. The van der Waals surface area contributed by atoms with Crippen LogP contribution in [0.25, 0.3) is 0 Å². The Morgan fingerprint density at radius 2 is 2.05 bits per heavy atom. The number of nitrogens with zero attached hydrogens (tertiary/aromatic N) is 1. The molecule has 19 heavy (non-hydrogen) atoms. The van der Waals surface area contributed by atoms with Crippen LogP contribution >= 0.6 is 0 Å². The number of nitrogens with one attached hydrogen (secondary N) is 1. The summed E-state index contributed by atoms with van der Waals surface area (Å²) in [4.78, 5) is 14.2. The number of aliphatic hydroxyl groups excluding tert-OH is 1. The number of hydrogen-bond donors (Lipinski definition) is 2. The Morgan fingerprint density at radius 1 is 1.32 bits per heavy atom. The van der Waals surface area contributed by atoms with E-state index in [-0.39, 0.29) is 11.9 Å². The van der Waals surface area contributed by atoms with Crippen molar-refractivity contribution in [2.45, 2.75) is 37.8 Å². The second-order valence-electron chi connectivity index (χ2n) is 5.38. The van der Waals surface area contributed by atoms with Gasteiger partial charge in [-0.3, -0.25) is 4.79 Å². The molecule has 1 saturated carbocycles. The Labute approximate surface area is 114 Å². The first kappa shape index (κ1) is 13.9. The van der Waals surface area contributed by atoms with Crippen molar-refractivity contribution in [2.75, 3.05) is 19.0 Å². The van der Waals surface area contributed by atoms with Crippen LogP contribution in [0, 0.1) is 0 Å². The van der Waals surface area contributed by atoms with Gasteiger partial charge in [0, 0.05) is 25.3 Å². The monoisotopic (exact) mass is 262 g/mol. The fourth-order valence-electron chi connectivity index (χ4n) is 2.46. The zero-order valence-electron chi connectivity index (χ0n) is 11.6. The first-order chi connectivity index (χ1) is 9.08. The molecule has 4 heteroatoms. The zero-order chi connectivity index (χ0) is 13.8.